The van der Waals surface area contributed by atoms with Gasteiger partial charge in [0, 0.05) is 25.2 Å². The highest BCUT2D eigenvalue weighted by Gasteiger charge is 2.09. The summed E-state index contributed by atoms with van der Waals surface area (Å²) in [6.45, 7) is 3.80. The second-order valence-electron chi connectivity index (χ2n) is 5.39. The number of furan rings is 1. The smallest absolute Gasteiger partial charge is 0.225 e. The lowest BCUT2D eigenvalue weighted by atomic mass is 10.2. The third kappa shape index (κ3) is 3.66. The van der Waals surface area contributed by atoms with E-state index in [1.807, 2.05) is 42.8 Å². The molecular weight excluding hydrogens is 292 g/mol. The van der Waals surface area contributed by atoms with Crippen LogP contribution in [0.2, 0.25) is 0 Å². The molecule has 0 atom stereocenters. The van der Waals surface area contributed by atoms with Gasteiger partial charge < -0.3 is 14.3 Å². The van der Waals surface area contributed by atoms with E-state index in [-0.39, 0.29) is 5.91 Å². The Hall–Kier alpha value is -2.89. The van der Waals surface area contributed by atoms with Crippen LogP contribution in [0.3, 0.4) is 0 Å². The average Bonchev–Trinajstić information content (AvgIpc) is 3.19. The SMILES string of the molecule is Cc1ccc(CCC(=O)Nc2ncc(-n3ccnc3)cc2C)o1. The number of imidazole rings is 1. The van der Waals surface area contributed by atoms with Crippen LogP contribution in [0.15, 0.2) is 47.5 Å². The number of pyridine rings is 1. The summed E-state index contributed by atoms with van der Waals surface area (Å²) in [7, 11) is 0. The van der Waals surface area contributed by atoms with E-state index in [0.717, 1.165) is 22.8 Å². The summed E-state index contributed by atoms with van der Waals surface area (Å²) >= 11 is 0. The third-order valence-electron chi connectivity index (χ3n) is 3.52. The van der Waals surface area contributed by atoms with Crippen molar-refractivity contribution < 1.29 is 9.21 Å². The van der Waals surface area contributed by atoms with E-state index in [2.05, 4.69) is 15.3 Å². The zero-order valence-corrected chi connectivity index (χ0v) is 13.1. The van der Waals surface area contributed by atoms with E-state index in [1.165, 1.54) is 0 Å². The molecule has 0 aliphatic heterocycles. The standard InChI is InChI=1S/C17H18N4O2/c1-12-9-14(21-8-7-18-11-21)10-19-17(12)20-16(22)6-5-15-4-3-13(2)23-15/h3-4,7-11H,5-6H2,1-2H3,(H,19,20,22). The van der Waals surface area contributed by atoms with Gasteiger partial charge in [-0.25, -0.2) is 9.97 Å². The first-order valence-corrected chi connectivity index (χ1v) is 7.42. The number of nitrogens with zero attached hydrogens (tertiary/aromatic N) is 3. The molecule has 0 fully saturated rings. The zero-order valence-electron chi connectivity index (χ0n) is 13.1. The van der Waals surface area contributed by atoms with Crippen molar-refractivity contribution in [2.45, 2.75) is 26.7 Å². The van der Waals surface area contributed by atoms with Gasteiger partial charge in [-0.3, -0.25) is 4.79 Å². The minimum Gasteiger partial charge on any atom is -0.466 e. The molecular formula is C17H18N4O2. The lowest BCUT2D eigenvalue weighted by Gasteiger charge is -2.09. The fourth-order valence-electron chi connectivity index (χ4n) is 2.29. The minimum absolute atomic E-state index is 0.0787. The van der Waals surface area contributed by atoms with Crippen LogP contribution in [0.25, 0.3) is 5.69 Å². The van der Waals surface area contributed by atoms with Gasteiger partial charge in [0.2, 0.25) is 5.91 Å². The maximum absolute atomic E-state index is 12.1. The summed E-state index contributed by atoms with van der Waals surface area (Å²) in [6.07, 6.45) is 7.91. The number of carbonyl (C=O) groups excluding carboxylic acids is 1. The van der Waals surface area contributed by atoms with Crippen LogP contribution in [-0.2, 0) is 11.2 Å². The number of aromatic nitrogens is 3. The molecule has 3 rings (SSSR count). The summed E-state index contributed by atoms with van der Waals surface area (Å²) in [5, 5.41) is 2.84. The summed E-state index contributed by atoms with van der Waals surface area (Å²) in [5.41, 5.74) is 1.81. The Labute approximate surface area is 134 Å². The van der Waals surface area contributed by atoms with E-state index >= 15 is 0 Å². The number of aryl methyl sites for hydroxylation is 3. The Kier molecular flexibility index (Phi) is 4.23. The van der Waals surface area contributed by atoms with Crippen LogP contribution < -0.4 is 5.32 Å². The number of rotatable bonds is 5. The Morgan fingerprint density at radius 2 is 2.22 bits per heavy atom. The molecule has 3 aromatic heterocycles. The molecule has 3 heterocycles. The molecule has 1 N–H and O–H groups in total. The Morgan fingerprint density at radius 1 is 1.35 bits per heavy atom. The van der Waals surface area contributed by atoms with E-state index < -0.39 is 0 Å². The van der Waals surface area contributed by atoms with Crippen molar-refractivity contribution in [1.29, 1.82) is 0 Å². The molecule has 0 radical (unpaired) electrons. The van der Waals surface area contributed by atoms with Crippen molar-refractivity contribution in [3.63, 3.8) is 0 Å². The molecule has 0 spiro atoms. The number of anilines is 1. The first kappa shape index (κ1) is 15.0. The number of hydrogen-bond acceptors (Lipinski definition) is 4. The fraction of sp³-hybridized carbons (Fsp3) is 0.235. The summed E-state index contributed by atoms with van der Waals surface area (Å²) in [4.78, 5) is 20.4. The number of amides is 1. The van der Waals surface area contributed by atoms with Crippen molar-refractivity contribution >= 4 is 11.7 Å². The van der Waals surface area contributed by atoms with Crippen molar-refractivity contribution in [2.75, 3.05) is 5.32 Å². The molecule has 6 heteroatoms. The van der Waals surface area contributed by atoms with Gasteiger partial charge >= 0.3 is 0 Å². The molecule has 0 bridgehead atoms. The fourth-order valence-corrected chi connectivity index (χ4v) is 2.29. The largest absolute Gasteiger partial charge is 0.466 e. The molecule has 23 heavy (non-hydrogen) atoms. The van der Waals surface area contributed by atoms with Crippen LogP contribution >= 0.6 is 0 Å². The predicted octanol–water partition coefficient (Wildman–Crippen LogP) is 3.05. The molecule has 0 unspecified atom stereocenters. The highest BCUT2D eigenvalue weighted by atomic mass is 16.3. The molecule has 1 amide bonds. The molecule has 0 saturated carbocycles. The maximum Gasteiger partial charge on any atom is 0.225 e. The van der Waals surface area contributed by atoms with Crippen LogP contribution in [0, 0.1) is 13.8 Å². The van der Waals surface area contributed by atoms with Gasteiger partial charge in [-0.15, -0.1) is 0 Å². The van der Waals surface area contributed by atoms with Gasteiger partial charge in [-0.1, -0.05) is 0 Å². The Morgan fingerprint density at radius 3 is 2.87 bits per heavy atom. The third-order valence-corrected chi connectivity index (χ3v) is 3.52. The van der Waals surface area contributed by atoms with Gasteiger partial charge in [0.25, 0.3) is 0 Å². The second kappa shape index (κ2) is 6.48. The first-order chi connectivity index (χ1) is 11.1. The minimum atomic E-state index is -0.0787. The maximum atomic E-state index is 12.1. The van der Waals surface area contributed by atoms with Gasteiger partial charge in [-0.05, 0) is 37.6 Å². The molecule has 0 aromatic carbocycles. The van der Waals surface area contributed by atoms with E-state index in [9.17, 15) is 4.79 Å². The van der Waals surface area contributed by atoms with Crippen LogP contribution in [-0.4, -0.2) is 20.4 Å². The van der Waals surface area contributed by atoms with E-state index in [1.54, 1.807) is 18.7 Å². The topological polar surface area (TPSA) is 73.0 Å². The average molecular weight is 310 g/mol. The molecule has 0 saturated heterocycles. The number of hydrogen-bond donors (Lipinski definition) is 1. The first-order valence-electron chi connectivity index (χ1n) is 7.42. The predicted molar refractivity (Wildman–Crippen MR) is 86.5 cm³/mol. The van der Waals surface area contributed by atoms with Gasteiger partial charge in [0.05, 0.1) is 18.2 Å². The van der Waals surface area contributed by atoms with Crippen LogP contribution in [0.1, 0.15) is 23.5 Å². The van der Waals surface area contributed by atoms with Crippen molar-refractivity contribution in [2.24, 2.45) is 0 Å². The molecule has 6 nitrogen and oxygen atoms in total. The second-order valence-corrected chi connectivity index (χ2v) is 5.39. The van der Waals surface area contributed by atoms with Crippen LogP contribution in [0.4, 0.5) is 5.82 Å². The lowest BCUT2D eigenvalue weighted by Crippen LogP contribution is -2.14. The van der Waals surface area contributed by atoms with Crippen molar-refractivity contribution in [1.82, 2.24) is 14.5 Å². The van der Waals surface area contributed by atoms with E-state index in [4.69, 9.17) is 4.42 Å². The number of carbonyl (C=O) groups is 1. The highest BCUT2D eigenvalue weighted by molar-refractivity contribution is 5.90. The highest BCUT2D eigenvalue weighted by Crippen LogP contribution is 2.16. The van der Waals surface area contributed by atoms with Crippen molar-refractivity contribution in [3.05, 3.63) is 60.2 Å². The van der Waals surface area contributed by atoms with Crippen LogP contribution in [0.5, 0.6) is 0 Å². The Bertz CT molecular complexity index is 806. The Balaban J connectivity index is 1.62. The number of nitrogens with one attached hydrogen (secondary N) is 1. The van der Waals surface area contributed by atoms with E-state index in [0.29, 0.717) is 18.7 Å². The van der Waals surface area contributed by atoms with Gasteiger partial charge in [0.15, 0.2) is 0 Å². The molecule has 0 aliphatic rings. The summed E-state index contributed by atoms with van der Waals surface area (Å²) in [6, 6.07) is 5.75. The molecule has 0 aliphatic carbocycles. The van der Waals surface area contributed by atoms with Gasteiger partial charge in [-0.2, -0.15) is 0 Å². The molecule has 118 valence electrons. The molecule has 3 aromatic rings. The quantitative estimate of drug-likeness (QED) is 0.786. The summed E-state index contributed by atoms with van der Waals surface area (Å²) in [5.74, 6) is 2.17. The zero-order chi connectivity index (χ0) is 16.2. The normalized spacial score (nSPS) is 10.7. The van der Waals surface area contributed by atoms with Crippen molar-refractivity contribution in [3.8, 4) is 5.69 Å². The monoisotopic (exact) mass is 310 g/mol. The lowest BCUT2D eigenvalue weighted by molar-refractivity contribution is -0.116. The summed E-state index contributed by atoms with van der Waals surface area (Å²) < 4.78 is 7.33. The van der Waals surface area contributed by atoms with Gasteiger partial charge in [0.1, 0.15) is 17.3 Å².